The van der Waals surface area contributed by atoms with Gasteiger partial charge >= 0.3 is 0 Å². The van der Waals surface area contributed by atoms with Crippen LogP contribution in [-0.4, -0.2) is 60.5 Å². The van der Waals surface area contributed by atoms with Gasteiger partial charge in [-0.2, -0.15) is 0 Å². The molecule has 0 aromatic heterocycles. The molecular weight excluding hydrogens is 238 g/mol. The van der Waals surface area contributed by atoms with Crippen LogP contribution in [0.4, 0.5) is 0 Å². The molecule has 0 aliphatic carbocycles. The van der Waals surface area contributed by atoms with Gasteiger partial charge in [0.1, 0.15) is 0 Å². The maximum atomic E-state index is 12.5. The third-order valence-electron chi connectivity index (χ3n) is 4.92. The zero-order valence-corrected chi connectivity index (χ0v) is 12.9. The summed E-state index contributed by atoms with van der Waals surface area (Å²) in [6.07, 6.45) is 3.35. The van der Waals surface area contributed by atoms with Crippen molar-refractivity contribution in [1.29, 1.82) is 0 Å². The van der Waals surface area contributed by atoms with E-state index in [2.05, 4.69) is 31.0 Å². The number of likely N-dealkylation sites (tertiary alicyclic amines) is 1. The third kappa shape index (κ3) is 3.29. The quantitative estimate of drug-likeness (QED) is 0.837. The molecule has 4 heteroatoms. The van der Waals surface area contributed by atoms with Gasteiger partial charge in [-0.05, 0) is 45.6 Å². The second-order valence-electron chi connectivity index (χ2n) is 6.51. The summed E-state index contributed by atoms with van der Waals surface area (Å²) in [6, 6.07) is 1.10. The van der Waals surface area contributed by atoms with Crippen LogP contribution in [0.1, 0.15) is 40.0 Å². The van der Waals surface area contributed by atoms with Crippen molar-refractivity contribution in [3.05, 3.63) is 0 Å². The molecule has 2 aliphatic heterocycles. The Balaban J connectivity index is 1.87. The average Bonchev–Trinajstić information content (AvgIpc) is 2.83. The molecule has 2 unspecified atom stereocenters. The van der Waals surface area contributed by atoms with Crippen LogP contribution in [0.5, 0.6) is 0 Å². The molecule has 1 amide bonds. The number of likely N-dealkylation sites (N-methyl/N-ethyl adjacent to an activating group) is 1. The van der Waals surface area contributed by atoms with Gasteiger partial charge in [-0.25, -0.2) is 0 Å². The second kappa shape index (κ2) is 6.23. The van der Waals surface area contributed by atoms with E-state index in [1.807, 2.05) is 11.9 Å². The summed E-state index contributed by atoms with van der Waals surface area (Å²) < 4.78 is 0. The second-order valence-corrected chi connectivity index (χ2v) is 6.51. The Labute approximate surface area is 117 Å². The van der Waals surface area contributed by atoms with E-state index in [1.54, 1.807) is 0 Å². The molecule has 0 aromatic carbocycles. The lowest BCUT2D eigenvalue weighted by Gasteiger charge is -2.39. The summed E-state index contributed by atoms with van der Waals surface area (Å²) in [5, 5.41) is 3.35. The summed E-state index contributed by atoms with van der Waals surface area (Å²) in [7, 11) is 1.99. The van der Waals surface area contributed by atoms with Crippen molar-refractivity contribution in [3.8, 4) is 0 Å². The molecular formula is C15H29N3O. The van der Waals surface area contributed by atoms with E-state index in [0.29, 0.717) is 23.9 Å². The molecule has 2 fully saturated rings. The Morgan fingerprint density at radius 3 is 2.37 bits per heavy atom. The molecule has 2 heterocycles. The SMILES string of the molecule is CC1CCNC1C(=O)N(C)C1CCN(C(C)C)CC1. The van der Waals surface area contributed by atoms with Crippen LogP contribution in [0.3, 0.4) is 0 Å². The first-order valence-corrected chi connectivity index (χ1v) is 7.74. The van der Waals surface area contributed by atoms with E-state index in [0.717, 1.165) is 38.9 Å². The van der Waals surface area contributed by atoms with E-state index in [4.69, 9.17) is 0 Å². The highest BCUT2D eigenvalue weighted by Crippen LogP contribution is 2.21. The van der Waals surface area contributed by atoms with Crippen molar-refractivity contribution in [3.63, 3.8) is 0 Å². The zero-order chi connectivity index (χ0) is 14.0. The van der Waals surface area contributed by atoms with Gasteiger partial charge in [0.25, 0.3) is 0 Å². The first kappa shape index (κ1) is 14.8. The molecule has 4 nitrogen and oxygen atoms in total. The highest BCUT2D eigenvalue weighted by molar-refractivity contribution is 5.82. The maximum absolute atomic E-state index is 12.5. The van der Waals surface area contributed by atoms with Crippen molar-refractivity contribution in [2.45, 2.75) is 58.2 Å². The first-order chi connectivity index (χ1) is 9.00. The Morgan fingerprint density at radius 1 is 1.26 bits per heavy atom. The minimum absolute atomic E-state index is 0.0492. The summed E-state index contributed by atoms with van der Waals surface area (Å²) >= 11 is 0. The molecule has 0 spiro atoms. The predicted molar refractivity (Wildman–Crippen MR) is 78.1 cm³/mol. The lowest BCUT2D eigenvalue weighted by atomic mass is 9.98. The van der Waals surface area contributed by atoms with Crippen molar-refractivity contribution in [2.75, 3.05) is 26.7 Å². The lowest BCUT2D eigenvalue weighted by Crippen LogP contribution is -2.52. The average molecular weight is 267 g/mol. The maximum Gasteiger partial charge on any atom is 0.239 e. The minimum atomic E-state index is 0.0492. The molecule has 0 aromatic rings. The van der Waals surface area contributed by atoms with Crippen LogP contribution in [0.25, 0.3) is 0 Å². The smallest absolute Gasteiger partial charge is 0.239 e. The van der Waals surface area contributed by atoms with Gasteiger partial charge in [0.05, 0.1) is 6.04 Å². The summed E-state index contributed by atoms with van der Waals surface area (Å²) in [4.78, 5) is 17.0. The van der Waals surface area contributed by atoms with Gasteiger partial charge < -0.3 is 15.1 Å². The minimum Gasteiger partial charge on any atom is -0.341 e. The van der Waals surface area contributed by atoms with E-state index < -0.39 is 0 Å². The molecule has 2 aliphatic rings. The number of rotatable bonds is 3. The van der Waals surface area contributed by atoms with Crippen molar-refractivity contribution in [1.82, 2.24) is 15.1 Å². The van der Waals surface area contributed by atoms with Gasteiger partial charge in [0, 0.05) is 32.2 Å². The Bertz CT molecular complexity index is 311. The first-order valence-electron chi connectivity index (χ1n) is 7.74. The van der Waals surface area contributed by atoms with E-state index in [9.17, 15) is 4.79 Å². The van der Waals surface area contributed by atoms with Gasteiger partial charge in [-0.1, -0.05) is 6.92 Å². The van der Waals surface area contributed by atoms with Crippen LogP contribution >= 0.6 is 0 Å². The molecule has 110 valence electrons. The van der Waals surface area contributed by atoms with Crippen molar-refractivity contribution >= 4 is 5.91 Å². The molecule has 0 bridgehead atoms. The number of hydrogen-bond acceptors (Lipinski definition) is 3. The number of piperidine rings is 1. The fourth-order valence-corrected chi connectivity index (χ4v) is 3.35. The largest absolute Gasteiger partial charge is 0.341 e. The number of nitrogens with zero attached hydrogens (tertiary/aromatic N) is 2. The fourth-order valence-electron chi connectivity index (χ4n) is 3.35. The summed E-state index contributed by atoms with van der Waals surface area (Å²) in [5.74, 6) is 0.777. The number of carbonyl (C=O) groups excluding carboxylic acids is 1. The number of carbonyl (C=O) groups is 1. The predicted octanol–water partition coefficient (Wildman–Crippen LogP) is 1.32. The highest BCUT2D eigenvalue weighted by atomic mass is 16.2. The number of hydrogen-bond donors (Lipinski definition) is 1. The fraction of sp³-hybridized carbons (Fsp3) is 0.933. The Morgan fingerprint density at radius 2 is 1.89 bits per heavy atom. The molecule has 0 radical (unpaired) electrons. The zero-order valence-electron chi connectivity index (χ0n) is 12.9. The summed E-state index contributed by atoms with van der Waals surface area (Å²) in [5.41, 5.74) is 0. The number of amides is 1. The number of nitrogens with one attached hydrogen (secondary N) is 1. The van der Waals surface area contributed by atoms with Crippen LogP contribution in [0.2, 0.25) is 0 Å². The van der Waals surface area contributed by atoms with Crippen LogP contribution in [0, 0.1) is 5.92 Å². The third-order valence-corrected chi connectivity index (χ3v) is 4.92. The molecule has 2 saturated heterocycles. The normalized spacial score (nSPS) is 29.9. The molecule has 2 rings (SSSR count). The van der Waals surface area contributed by atoms with E-state index >= 15 is 0 Å². The van der Waals surface area contributed by atoms with Crippen LogP contribution in [-0.2, 0) is 4.79 Å². The van der Waals surface area contributed by atoms with Gasteiger partial charge in [0.2, 0.25) is 5.91 Å². The topological polar surface area (TPSA) is 35.6 Å². The van der Waals surface area contributed by atoms with Crippen LogP contribution in [0.15, 0.2) is 0 Å². The lowest BCUT2D eigenvalue weighted by molar-refractivity contribution is -0.135. The van der Waals surface area contributed by atoms with Crippen molar-refractivity contribution < 1.29 is 4.79 Å². The van der Waals surface area contributed by atoms with E-state index in [-0.39, 0.29) is 6.04 Å². The monoisotopic (exact) mass is 267 g/mol. The summed E-state index contributed by atoms with van der Waals surface area (Å²) in [6.45, 7) is 9.90. The highest BCUT2D eigenvalue weighted by Gasteiger charge is 2.34. The molecule has 1 N–H and O–H groups in total. The van der Waals surface area contributed by atoms with Crippen molar-refractivity contribution in [2.24, 2.45) is 5.92 Å². The Hall–Kier alpha value is -0.610. The van der Waals surface area contributed by atoms with Gasteiger partial charge in [-0.15, -0.1) is 0 Å². The standard InChI is InChI=1S/C15H29N3O/c1-11(2)18-9-6-13(7-10-18)17(4)15(19)14-12(3)5-8-16-14/h11-14,16H,5-10H2,1-4H3. The Kier molecular flexibility index (Phi) is 4.85. The van der Waals surface area contributed by atoms with Gasteiger partial charge in [-0.3, -0.25) is 4.79 Å². The molecule has 0 saturated carbocycles. The van der Waals surface area contributed by atoms with E-state index in [1.165, 1.54) is 0 Å². The van der Waals surface area contributed by atoms with Gasteiger partial charge in [0.15, 0.2) is 0 Å². The molecule has 19 heavy (non-hydrogen) atoms. The molecule has 2 atom stereocenters. The van der Waals surface area contributed by atoms with Crippen LogP contribution < -0.4 is 5.32 Å².